The van der Waals surface area contributed by atoms with E-state index in [0.29, 0.717) is 17.5 Å². The van der Waals surface area contributed by atoms with Crippen LogP contribution in [0, 0.1) is 0 Å². The van der Waals surface area contributed by atoms with Crippen LogP contribution in [-0.4, -0.2) is 19.5 Å². The van der Waals surface area contributed by atoms with Gasteiger partial charge >= 0.3 is 0 Å². The van der Waals surface area contributed by atoms with Crippen molar-refractivity contribution in [3.63, 3.8) is 0 Å². The monoisotopic (exact) mass is 732 g/mol. The third-order valence-corrected chi connectivity index (χ3v) is 11.9. The van der Waals surface area contributed by atoms with Gasteiger partial charge in [0.2, 0.25) is 0 Å². The Kier molecular flexibility index (Phi) is 7.64. The summed E-state index contributed by atoms with van der Waals surface area (Å²) in [5, 5.41) is 5.06. The maximum Gasteiger partial charge on any atom is 0.164 e. The van der Waals surface area contributed by atoms with E-state index in [2.05, 4.69) is 162 Å². The number of hydrogen-bond acceptors (Lipinski definition) is 4. The molecule has 0 spiro atoms. The third kappa shape index (κ3) is 5.40. The highest BCUT2D eigenvalue weighted by Crippen LogP contribution is 2.45. The summed E-state index contributed by atoms with van der Waals surface area (Å²) in [5.41, 5.74) is 10.9. The number of thiophene rings is 1. The maximum absolute atomic E-state index is 5.19. The van der Waals surface area contributed by atoms with Crippen molar-refractivity contribution >= 4 is 53.3 Å². The van der Waals surface area contributed by atoms with Crippen molar-refractivity contribution in [1.82, 2.24) is 19.5 Å². The number of rotatable bonds is 6. The molecule has 0 bridgehead atoms. The van der Waals surface area contributed by atoms with E-state index in [4.69, 9.17) is 15.0 Å². The number of hydrogen-bond donors (Lipinski definition) is 0. The highest BCUT2D eigenvalue weighted by Gasteiger charge is 2.20. The van der Waals surface area contributed by atoms with Gasteiger partial charge in [-0.15, -0.1) is 11.3 Å². The van der Waals surface area contributed by atoms with Gasteiger partial charge in [-0.2, -0.15) is 0 Å². The molecule has 0 unspecified atom stereocenters. The van der Waals surface area contributed by atoms with Crippen LogP contribution in [0.3, 0.4) is 0 Å². The smallest absolute Gasteiger partial charge is 0.164 e. The van der Waals surface area contributed by atoms with Crippen LogP contribution in [0.4, 0.5) is 0 Å². The van der Waals surface area contributed by atoms with Gasteiger partial charge in [0.25, 0.3) is 0 Å². The first-order valence-corrected chi connectivity index (χ1v) is 19.6. The van der Waals surface area contributed by atoms with Gasteiger partial charge in [-0.25, -0.2) is 15.0 Å². The molecule has 0 saturated carbocycles. The summed E-state index contributed by atoms with van der Waals surface area (Å²) in [4.78, 5) is 15.4. The number of benzene rings is 8. The SMILES string of the molecule is c1ccc(-c2ccc(-c3ccc4sc5c(ccc6c5c5ccccc5n6-c5ccccc5)c4c3)c(-c3nc(-c4ccccc4)nc(-c4ccccc4)n3)c2)cc1. The van der Waals surface area contributed by atoms with E-state index in [1.165, 1.54) is 42.0 Å². The van der Waals surface area contributed by atoms with Crippen molar-refractivity contribution < 1.29 is 0 Å². The zero-order chi connectivity index (χ0) is 37.0. The van der Waals surface area contributed by atoms with Crippen LogP contribution in [0.15, 0.2) is 194 Å². The van der Waals surface area contributed by atoms with Crippen molar-refractivity contribution in [3.8, 4) is 62.1 Å². The Bertz CT molecular complexity index is 3170. The molecule has 262 valence electrons. The van der Waals surface area contributed by atoms with Crippen LogP contribution < -0.4 is 0 Å². The molecule has 8 aromatic carbocycles. The second-order valence-corrected chi connectivity index (χ2v) is 15.1. The predicted molar refractivity (Wildman–Crippen MR) is 234 cm³/mol. The zero-order valence-corrected chi connectivity index (χ0v) is 31.0. The Balaban J connectivity index is 1.14. The van der Waals surface area contributed by atoms with Crippen molar-refractivity contribution in [2.75, 3.05) is 0 Å². The topological polar surface area (TPSA) is 43.6 Å². The van der Waals surface area contributed by atoms with Crippen molar-refractivity contribution in [2.24, 2.45) is 0 Å². The first kappa shape index (κ1) is 32.2. The molecule has 4 nitrogen and oxygen atoms in total. The molecule has 3 heterocycles. The molecule has 0 fully saturated rings. The fourth-order valence-electron chi connectivity index (χ4n) is 8.03. The summed E-state index contributed by atoms with van der Waals surface area (Å²) in [5.74, 6) is 1.92. The summed E-state index contributed by atoms with van der Waals surface area (Å²) in [6, 6.07) is 68.5. The molecule has 0 radical (unpaired) electrons. The molecule has 11 rings (SSSR count). The first-order chi connectivity index (χ1) is 27.8. The maximum atomic E-state index is 5.19. The molecule has 11 aromatic rings. The van der Waals surface area contributed by atoms with Gasteiger partial charge in [0.15, 0.2) is 17.5 Å². The highest BCUT2D eigenvalue weighted by atomic mass is 32.1. The van der Waals surface area contributed by atoms with Crippen LogP contribution in [0.2, 0.25) is 0 Å². The van der Waals surface area contributed by atoms with E-state index in [9.17, 15) is 0 Å². The van der Waals surface area contributed by atoms with Crippen molar-refractivity contribution in [2.45, 2.75) is 0 Å². The fraction of sp³-hybridized carbons (Fsp3) is 0. The molecule has 0 atom stereocenters. The predicted octanol–water partition coefficient (Wildman–Crippen LogP) is 13.7. The van der Waals surface area contributed by atoms with Gasteiger partial charge in [0, 0.05) is 53.3 Å². The molecule has 0 N–H and O–H groups in total. The number of fused-ring (bicyclic) bond motifs is 7. The number of aromatic nitrogens is 4. The lowest BCUT2D eigenvalue weighted by molar-refractivity contribution is 1.07. The van der Waals surface area contributed by atoms with Gasteiger partial charge in [-0.3, -0.25) is 0 Å². The fourth-order valence-corrected chi connectivity index (χ4v) is 9.27. The minimum Gasteiger partial charge on any atom is -0.309 e. The van der Waals surface area contributed by atoms with Gasteiger partial charge in [-0.05, 0) is 64.7 Å². The van der Waals surface area contributed by atoms with Gasteiger partial charge in [0.05, 0.1) is 11.0 Å². The lowest BCUT2D eigenvalue weighted by atomic mass is 9.93. The lowest BCUT2D eigenvalue weighted by Crippen LogP contribution is -2.01. The number of nitrogens with zero attached hydrogens (tertiary/aromatic N) is 4. The Hall–Kier alpha value is -7.21. The molecular weight excluding hydrogens is 701 g/mol. The second-order valence-electron chi connectivity index (χ2n) is 14.0. The molecule has 5 heteroatoms. The molecule has 0 aliphatic rings. The number of para-hydroxylation sites is 2. The van der Waals surface area contributed by atoms with E-state index in [0.717, 1.165) is 44.6 Å². The molecule has 56 heavy (non-hydrogen) atoms. The molecule has 3 aromatic heterocycles. The van der Waals surface area contributed by atoms with E-state index in [1.54, 1.807) is 0 Å². The minimum atomic E-state index is 0.635. The Morgan fingerprint density at radius 3 is 1.64 bits per heavy atom. The molecule has 0 saturated heterocycles. The Morgan fingerprint density at radius 2 is 0.946 bits per heavy atom. The Morgan fingerprint density at radius 1 is 0.357 bits per heavy atom. The van der Waals surface area contributed by atoms with Gasteiger partial charge in [0.1, 0.15) is 0 Å². The highest BCUT2D eigenvalue weighted by molar-refractivity contribution is 7.26. The van der Waals surface area contributed by atoms with E-state index < -0.39 is 0 Å². The van der Waals surface area contributed by atoms with E-state index in [-0.39, 0.29) is 0 Å². The van der Waals surface area contributed by atoms with Crippen LogP contribution in [-0.2, 0) is 0 Å². The standard InChI is InChI=1S/C51H32N4S/c1-5-15-33(16-6-1)36-25-27-39(43(31-36)51-53-49(34-17-7-2-8-18-34)52-50(54-51)35-19-9-3-10-20-35)37-26-30-46-42(32-37)40-28-29-45-47(48(40)56-46)41-23-13-14-24-44(41)55(45)38-21-11-4-12-22-38/h1-32H. The third-order valence-electron chi connectivity index (χ3n) is 10.7. The average molecular weight is 733 g/mol. The minimum absolute atomic E-state index is 0.635. The summed E-state index contributed by atoms with van der Waals surface area (Å²) in [6.45, 7) is 0. The largest absolute Gasteiger partial charge is 0.309 e. The van der Waals surface area contributed by atoms with Crippen molar-refractivity contribution in [1.29, 1.82) is 0 Å². The lowest BCUT2D eigenvalue weighted by Gasteiger charge is -2.14. The van der Waals surface area contributed by atoms with Crippen molar-refractivity contribution in [3.05, 3.63) is 194 Å². The zero-order valence-electron chi connectivity index (χ0n) is 30.2. The molecule has 0 aliphatic carbocycles. The van der Waals surface area contributed by atoms with Gasteiger partial charge in [-0.1, -0.05) is 152 Å². The summed E-state index contributed by atoms with van der Waals surface area (Å²) in [6.07, 6.45) is 0. The van der Waals surface area contributed by atoms with Gasteiger partial charge < -0.3 is 4.57 Å². The molecule has 0 aliphatic heterocycles. The average Bonchev–Trinajstić information content (AvgIpc) is 3.83. The van der Waals surface area contributed by atoms with Crippen LogP contribution in [0.1, 0.15) is 0 Å². The van der Waals surface area contributed by atoms with Crippen LogP contribution in [0.25, 0.3) is 104 Å². The normalized spacial score (nSPS) is 11.6. The first-order valence-electron chi connectivity index (χ1n) is 18.8. The molecular formula is C51H32N4S. The van der Waals surface area contributed by atoms with E-state index in [1.807, 2.05) is 47.7 Å². The van der Waals surface area contributed by atoms with Crippen LogP contribution >= 0.6 is 11.3 Å². The van der Waals surface area contributed by atoms with Crippen LogP contribution in [0.5, 0.6) is 0 Å². The Labute approximate surface area is 327 Å². The summed E-state index contributed by atoms with van der Waals surface area (Å²) < 4.78 is 4.95. The quantitative estimate of drug-likeness (QED) is 0.171. The molecule has 0 amide bonds. The second kappa shape index (κ2) is 13.3. The summed E-state index contributed by atoms with van der Waals surface area (Å²) in [7, 11) is 0. The summed E-state index contributed by atoms with van der Waals surface area (Å²) >= 11 is 1.87. The van der Waals surface area contributed by atoms with E-state index >= 15 is 0 Å².